The van der Waals surface area contributed by atoms with Crippen molar-refractivity contribution in [2.24, 2.45) is 0 Å². The number of rotatable bonds is 4. The van der Waals surface area contributed by atoms with Crippen LogP contribution in [-0.2, 0) is 4.74 Å². The van der Waals surface area contributed by atoms with Crippen LogP contribution in [0.15, 0.2) is 6.20 Å². The molecule has 0 radical (unpaired) electrons. The molecular weight excluding hydrogens is 296 g/mol. The third-order valence-corrected chi connectivity index (χ3v) is 1.95. The van der Waals surface area contributed by atoms with E-state index < -0.39 is 41.6 Å². The van der Waals surface area contributed by atoms with Gasteiger partial charge in [-0.25, -0.2) is 22.9 Å². The molecule has 0 bridgehead atoms. The SMILES string of the molecule is CCOC(=O)c1c(OC(F)(F)F)ncc(F)c1C(F)F. The van der Waals surface area contributed by atoms with Crippen LogP contribution in [0.2, 0.25) is 0 Å². The lowest BCUT2D eigenvalue weighted by Gasteiger charge is -2.14. The van der Waals surface area contributed by atoms with Crippen molar-refractivity contribution in [3.05, 3.63) is 23.1 Å². The summed E-state index contributed by atoms with van der Waals surface area (Å²) in [5.41, 5.74) is -2.95. The molecule has 0 saturated heterocycles. The fourth-order valence-corrected chi connectivity index (χ4v) is 1.28. The van der Waals surface area contributed by atoms with Crippen LogP contribution >= 0.6 is 0 Å². The van der Waals surface area contributed by atoms with Crippen molar-refractivity contribution in [3.63, 3.8) is 0 Å². The number of hydrogen-bond acceptors (Lipinski definition) is 4. The second-order valence-corrected chi connectivity index (χ2v) is 3.27. The van der Waals surface area contributed by atoms with Crippen LogP contribution in [0.25, 0.3) is 0 Å². The lowest BCUT2D eigenvalue weighted by Crippen LogP contribution is -2.22. The van der Waals surface area contributed by atoms with Crippen molar-refractivity contribution in [1.29, 1.82) is 0 Å². The number of aromatic nitrogens is 1. The predicted molar refractivity (Wildman–Crippen MR) is 51.8 cm³/mol. The van der Waals surface area contributed by atoms with Gasteiger partial charge in [0.15, 0.2) is 5.82 Å². The Morgan fingerprint density at radius 3 is 2.45 bits per heavy atom. The average Bonchev–Trinajstić information content (AvgIpc) is 2.29. The molecule has 1 heterocycles. The second-order valence-electron chi connectivity index (χ2n) is 3.27. The van der Waals surface area contributed by atoms with E-state index in [1.807, 2.05) is 0 Å². The van der Waals surface area contributed by atoms with Crippen LogP contribution in [0.1, 0.15) is 29.3 Å². The van der Waals surface area contributed by atoms with E-state index in [9.17, 15) is 31.1 Å². The summed E-state index contributed by atoms with van der Waals surface area (Å²) >= 11 is 0. The van der Waals surface area contributed by atoms with E-state index in [2.05, 4.69) is 14.5 Å². The molecular formula is C10H7F6NO3. The molecule has 0 N–H and O–H groups in total. The third kappa shape index (κ3) is 3.75. The summed E-state index contributed by atoms with van der Waals surface area (Å²) in [6.45, 7) is 0.973. The quantitative estimate of drug-likeness (QED) is 0.633. The molecule has 1 rings (SSSR count). The molecule has 1 aromatic rings. The minimum absolute atomic E-state index is 0.102. The van der Waals surface area contributed by atoms with E-state index in [1.165, 1.54) is 6.92 Å². The van der Waals surface area contributed by atoms with Gasteiger partial charge in [0, 0.05) is 0 Å². The highest BCUT2D eigenvalue weighted by atomic mass is 19.4. The van der Waals surface area contributed by atoms with Crippen LogP contribution in [0.4, 0.5) is 26.3 Å². The molecule has 0 fully saturated rings. The van der Waals surface area contributed by atoms with E-state index >= 15 is 0 Å². The van der Waals surface area contributed by atoms with E-state index in [0.29, 0.717) is 0 Å². The number of pyridine rings is 1. The Labute approximate surface area is 108 Å². The van der Waals surface area contributed by atoms with Gasteiger partial charge in [0.2, 0.25) is 5.88 Å². The van der Waals surface area contributed by atoms with E-state index in [4.69, 9.17) is 0 Å². The Morgan fingerprint density at radius 2 is 2.00 bits per heavy atom. The number of hydrogen-bond donors (Lipinski definition) is 0. The zero-order valence-electron chi connectivity index (χ0n) is 9.80. The first-order chi connectivity index (χ1) is 9.17. The van der Waals surface area contributed by atoms with Gasteiger partial charge in [-0.05, 0) is 6.92 Å². The van der Waals surface area contributed by atoms with E-state index in [0.717, 1.165) is 0 Å². The van der Waals surface area contributed by atoms with Crippen molar-refractivity contribution >= 4 is 5.97 Å². The van der Waals surface area contributed by atoms with Gasteiger partial charge in [0.25, 0.3) is 6.43 Å². The molecule has 4 nitrogen and oxygen atoms in total. The third-order valence-electron chi connectivity index (χ3n) is 1.95. The Bertz CT molecular complexity index is 503. The highest BCUT2D eigenvalue weighted by Crippen LogP contribution is 2.33. The Hall–Kier alpha value is -2.00. The topological polar surface area (TPSA) is 48.4 Å². The number of esters is 1. The fraction of sp³-hybridized carbons (Fsp3) is 0.400. The maximum atomic E-state index is 13.2. The molecule has 0 spiro atoms. The largest absolute Gasteiger partial charge is 0.574 e. The maximum Gasteiger partial charge on any atom is 0.574 e. The molecule has 0 unspecified atom stereocenters. The van der Waals surface area contributed by atoms with Crippen molar-refractivity contribution in [3.8, 4) is 5.88 Å². The van der Waals surface area contributed by atoms with Crippen molar-refractivity contribution in [2.45, 2.75) is 19.7 Å². The fourth-order valence-electron chi connectivity index (χ4n) is 1.28. The Kier molecular flexibility index (Phi) is 4.79. The van der Waals surface area contributed by atoms with Crippen LogP contribution in [0.3, 0.4) is 0 Å². The lowest BCUT2D eigenvalue weighted by molar-refractivity contribution is -0.276. The molecule has 0 aliphatic heterocycles. The monoisotopic (exact) mass is 303 g/mol. The molecule has 10 heteroatoms. The number of carbonyl (C=O) groups excluding carboxylic acids is 1. The lowest BCUT2D eigenvalue weighted by atomic mass is 10.1. The molecule has 0 saturated carbocycles. The molecule has 0 aliphatic carbocycles. The van der Waals surface area contributed by atoms with Gasteiger partial charge >= 0.3 is 12.3 Å². The zero-order chi connectivity index (χ0) is 15.5. The molecule has 0 atom stereocenters. The van der Waals surface area contributed by atoms with Crippen LogP contribution in [0, 0.1) is 5.82 Å². The average molecular weight is 303 g/mol. The van der Waals surface area contributed by atoms with Crippen LogP contribution < -0.4 is 4.74 Å². The molecule has 1 aromatic heterocycles. The summed E-state index contributed by atoms with van der Waals surface area (Å²) in [6, 6.07) is 0. The molecule has 0 aliphatic rings. The predicted octanol–water partition coefficient (Wildman–Crippen LogP) is 3.23. The van der Waals surface area contributed by atoms with E-state index in [1.54, 1.807) is 0 Å². The maximum absolute atomic E-state index is 13.2. The minimum atomic E-state index is -5.29. The molecule has 20 heavy (non-hydrogen) atoms. The summed E-state index contributed by atoms with van der Waals surface area (Å²) in [7, 11) is 0. The number of ether oxygens (including phenoxy) is 2. The standard InChI is InChI=1S/C10H7F6NO3/c1-2-19-9(18)6-5(7(12)13)4(11)3-17-8(6)20-10(14,15)16/h3,7H,2H2,1H3. The van der Waals surface area contributed by atoms with Crippen molar-refractivity contribution < 1.29 is 40.6 Å². The van der Waals surface area contributed by atoms with Gasteiger partial charge in [0.05, 0.1) is 18.4 Å². The van der Waals surface area contributed by atoms with Gasteiger partial charge in [0.1, 0.15) is 5.56 Å². The summed E-state index contributed by atoms with van der Waals surface area (Å²) < 4.78 is 82.6. The minimum Gasteiger partial charge on any atom is -0.462 e. The molecule has 112 valence electrons. The van der Waals surface area contributed by atoms with E-state index in [-0.39, 0.29) is 12.8 Å². The van der Waals surface area contributed by atoms with Gasteiger partial charge in [-0.3, -0.25) is 0 Å². The number of alkyl halides is 5. The first-order valence-corrected chi connectivity index (χ1v) is 5.06. The van der Waals surface area contributed by atoms with Gasteiger partial charge in [-0.15, -0.1) is 13.2 Å². The number of nitrogens with zero attached hydrogens (tertiary/aromatic N) is 1. The number of halogens is 6. The summed E-state index contributed by atoms with van der Waals surface area (Å²) in [5, 5.41) is 0. The first-order valence-electron chi connectivity index (χ1n) is 5.06. The van der Waals surface area contributed by atoms with Crippen LogP contribution in [-0.4, -0.2) is 23.9 Å². The molecule has 0 aromatic carbocycles. The van der Waals surface area contributed by atoms with Gasteiger partial charge < -0.3 is 9.47 Å². The first kappa shape index (κ1) is 16.1. The Balaban J connectivity index is 3.44. The number of carbonyl (C=O) groups is 1. The van der Waals surface area contributed by atoms with Crippen molar-refractivity contribution in [2.75, 3.05) is 6.61 Å². The summed E-state index contributed by atoms with van der Waals surface area (Å²) in [5.74, 6) is -4.72. The van der Waals surface area contributed by atoms with Crippen molar-refractivity contribution in [1.82, 2.24) is 4.98 Å². The summed E-state index contributed by atoms with van der Waals surface area (Å²) in [4.78, 5) is 14.3. The van der Waals surface area contributed by atoms with Gasteiger partial charge in [-0.2, -0.15) is 0 Å². The normalized spacial score (nSPS) is 11.6. The summed E-state index contributed by atoms with van der Waals surface area (Å²) in [6.07, 6.45) is -8.73. The molecule has 0 amide bonds. The second kappa shape index (κ2) is 5.97. The highest BCUT2D eigenvalue weighted by Gasteiger charge is 2.37. The zero-order valence-corrected chi connectivity index (χ0v) is 9.80. The van der Waals surface area contributed by atoms with Crippen LogP contribution in [0.5, 0.6) is 5.88 Å². The smallest absolute Gasteiger partial charge is 0.462 e. The Morgan fingerprint density at radius 1 is 1.40 bits per heavy atom. The van der Waals surface area contributed by atoms with Gasteiger partial charge in [-0.1, -0.05) is 0 Å². The highest BCUT2D eigenvalue weighted by molar-refractivity contribution is 5.93.